The number of hydrogen-bond acceptors (Lipinski definition) is 2. The normalized spacial score (nSPS) is 22.3. The minimum absolute atomic E-state index is 0.261. The van der Waals surface area contributed by atoms with Crippen molar-refractivity contribution >= 4 is 22.6 Å². The van der Waals surface area contributed by atoms with Crippen molar-refractivity contribution in [2.45, 2.75) is 25.6 Å². The first-order chi connectivity index (χ1) is 8.42. The van der Waals surface area contributed by atoms with Crippen LogP contribution in [0, 0.1) is 9.49 Å². The Bertz CT molecular complexity index is 391. The molecular weight excluding hydrogens is 358 g/mol. The molecule has 0 spiro atoms. The third-order valence-corrected chi connectivity index (χ3v) is 3.61. The molecule has 1 saturated heterocycles. The topological polar surface area (TPSA) is 21.1 Å². The van der Waals surface area contributed by atoms with Crippen molar-refractivity contribution in [3.63, 3.8) is 0 Å². The summed E-state index contributed by atoms with van der Waals surface area (Å²) in [4.78, 5) is 1.50. The second-order valence-corrected chi connectivity index (χ2v) is 5.98. The maximum atomic E-state index is 12.3. The number of likely N-dealkylation sites (tertiary alicyclic amines) is 1. The molecule has 2 rings (SSSR count). The van der Waals surface area contributed by atoms with Gasteiger partial charge in [0, 0.05) is 19.3 Å². The Morgan fingerprint density at radius 1 is 1.44 bits per heavy atom. The van der Waals surface area contributed by atoms with Crippen molar-refractivity contribution in [1.82, 2.24) is 14.7 Å². The molecule has 0 N–H and O–H groups in total. The number of piperidine rings is 1. The zero-order valence-corrected chi connectivity index (χ0v) is 12.0. The van der Waals surface area contributed by atoms with Gasteiger partial charge in [-0.2, -0.15) is 18.3 Å². The van der Waals surface area contributed by atoms with E-state index in [2.05, 4.69) is 27.7 Å². The Labute approximate surface area is 117 Å². The second-order valence-electron chi connectivity index (χ2n) is 4.74. The number of rotatable bonds is 3. The summed E-state index contributed by atoms with van der Waals surface area (Å²) in [5.41, 5.74) is 0. The zero-order valence-electron chi connectivity index (χ0n) is 9.83. The van der Waals surface area contributed by atoms with Gasteiger partial charge in [0.1, 0.15) is 0 Å². The lowest BCUT2D eigenvalue weighted by atomic mass is 9.98. The molecule has 0 aliphatic carbocycles. The van der Waals surface area contributed by atoms with Crippen LogP contribution in [0.15, 0.2) is 12.4 Å². The van der Waals surface area contributed by atoms with Crippen molar-refractivity contribution in [2.75, 3.05) is 19.6 Å². The molecule has 3 nitrogen and oxygen atoms in total. The predicted octanol–water partition coefficient (Wildman–Crippen LogP) is 2.76. The molecule has 102 valence electrons. The van der Waals surface area contributed by atoms with E-state index in [1.165, 1.54) is 4.90 Å². The molecule has 1 aliphatic heterocycles. The van der Waals surface area contributed by atoms with Crippen LogP contribution in [-0.2, 0) is 6.54 Å². The largest absolute Gasteiger partial charge is 0.401 e. The quantitative estimate of drug-likeness (QED) is 0.760. The van der Waals surface area contributed by atoms with E-state index >= 15 is 0 Å². The molecule has 0 radical (unpaired) electrons. The Hall–Kier alpha value is -0.310. The number of aromatic nitrogens is 2. The summed E-state index contributed by atoms with van der Waals surface area (Å²) in [5, 5.41) is 4.18. The van der Waals surface area contributed by atoms with Gasteiger partial charge < -0.3 is 0 Å². The van der Waals surface area contributed by atoms with Gasteiger partial charge in [0.2, 0.25) is 0 Å². The predicted molar refractivity (Wildman–Crippen MR) is 70.2 cm³/mol. The smallest absolute Gasteiger partial charge is 0.295 e. The van der Waals surface area contributed by atoms with Gasteiger partial charge in [0.05, 0.1) is 16.3 Å². The standard InChI is InChI=1S/C11H15F3IN3/c12-11(13,14)8-17-3-1-2-9(5-17)6-18-7-10(15)4-16-18/h4,7,9H,1-3,5-6,8H2. The van der Waals surface area contributed by atoms with Gasteiger partial charge in [-0.15, -0.1) is 0 Å². The first-order valence-corrected chi connectivity index (χ1v) is 6.97. The third kappa shape index (κ3) is 4.42. The second kappa shape index (κ2) is 5.77. The van der Waals surface area contributed by atoms with E-state index in [0.29, 0.717) is 19.6 Å². The number of hydrogen-bond donors (Lipinski definition) is 0. The average Bonchev–Trinajstić information content (AvgIpc) is 2.62. The van der Waals surface area contributed by atoms with E-state index in [9.17, 15) is 13.2 Å². The lowest BCUT2D eigenvalue weighted by Crippen LogP contribution is -2.42. The fourth-order valence-corrected chi connectivity index (χ4v) is 2.85. The summed E-state index contributed by atoms with van der Waals surface area (Å²) in [7, 11) is 0. The number of alkyl halides is 3. The fourth-order valence-electron chi connectivity index (χ4n) is 2.40. The minimum Gasteiger partial charge on any atom is -0.295 e. The third-order valence-electron chi connectivity index (χ3n) is 3.05. The van der Waals surface area contributed by atoms with Gasteiger partial charge in [-0.25, -0.2) is 0 Å². The van der Waals surface area contributed by atoms with Gasteiger partial charge in [-0.3, -0.25) is 9.58 Å². The highest BCUT2D eigenvalue weighted by atomic mass is 127. The molecule has 7 heteroatoms. The van der Waals surface area contributed by atoms with E-state index in [0.717, 1.165) is 16.4 Å². The summed E-state index contributed by atoms with van der Waals surface area (Å²) in [6.07, 6.45) is 1.40. The SMILES string of the molecule is FC(F)(F)CN1CCCC(Cn2cc(I)cn2)C1. The van der Waals surface area contributed by atoms with Gasteiger partial charge in [-0.1, -0.05) is 0 Å². The molecule has 18 heavy (non-hydrogen) atoms. The van der Waals surface area contributed by atoms with Crippen LogP contribution in [0.5, 0.6) is 0 Å². The lowest BCUT2D eigenvalue weighted by Gasteiger charge is -2.33. The van der Waals surface area contributed by atoms with Crippen LogP contribution < -0.4 is 0 Å². The van der Waals surface area contributed by atoms with Crippen molar-refractivity contribution in [1.29, 1.82) is 0 Å². The van der Waals surface area contributed by atoms with Gasteiger partial charge in [-0.05, 0) is 47.9 Å². The first kappa shape index (κ1) is 14.1. The Morgan fingerprint density at radius 2 is 2.22 bits per heavy atom. The van der Waals surface area contributed by atoms with Crippen LogP contribution >= 0.6 is 22.6 Å². The van der Waals surface area contributed by atoms with Crippen LogP contribution in [0.4, 0.5) is 13.2 Å². The first-order valence-electron chi connectivity index (χ1n) is 5.89. The summed E-state index contributed by atoms with van der Waals surface area (Å²) in [5.74, 6) is 0.261. The Balaban J connectivity index is 1.87. The molecule has 1 aromatic heterocycles. The summed E-state index contributed by atoms with van der Waals surface area (Å²) < 4.78 is 39.9. The van der Waals surface area contributed by atoms with E-state index in [1.54, 1.807) is 6.20 Å². The van der Waals surface area contributed by atoms with Gasteiger partial charge in [0.25, 0.3) is 0 Å². The fraction of sp³-hybridized carbons (Fsp3) is 0.727. The summed E-state index contributed by atoms with van der Waals surface area (Å²) >= 11 is 2.17. The van der Waals surface area contributed by atoms with Crippen LogP contribution in [-0.4, -0.2) is 40.5 Å². The molecule has 1 fully saturated rings. The molecule has 0 aromatic carbocycles. The number of halogens is 4. The zero-order chi connectivity index (χ0) is 13.2. The Morgan fingerprint density at radius 3 is 2.83 bits per heavy atom. The lowest BCUT2D eigenvalue weighted by molar-refractivity contribution is -0.149. The van der Waals surface area contributed by atoms with E-state index < -0.39 is 12.7 Å². The van der Waals surface area contributed by atoms with Crippen molar-refractivity contribution in [3.8, 4) is 0 Å². The monoisotopic (exact) mass is 373 g/mol. The summed E-state index contributed by atoms with van der Waals surface area (Å²) in [6, 6.07) is 0. The highest BCUT2D eigenvalue weighted by Gasteiger charge is 2.33. The van der Waals surface area contributed by atoms with Crippen LogP contribution in [0.25, 0.3) is 0 Å². The van der Waals surface area contributed by atoms with E-state index in [-0.39, 0.29) is 5.92 Å². The molecule has 1 atom stereocenters. The van der Waals surface area contributed by atoms with Gasteiger partial charge in [0.15, 0.2) is 0 Å². The molecule has 0 saturated carbocycles. The number of nitrogens with zero attached hydrogens (tertiary/aromatic N) is 3. The highest BCUT2D eigenvalue weighted by molar-refractivity contribution is 14.1. The molecular formula is C11H15F3IN3. The maximum absolute atomic E-state index is 12.3. The van der Waals surface area contributed by atoms with Crippen LogP contribution in [0.3, 0.4) is 0 Å². The van der Waals surface area contributed by atoms with Gasteiger partial charge >= 0.3 is 6.18 Å². The van der Waals surface area contributed by atoms with E-state index in [1.807, 2.05) is 10.9 Å². The van der Waals surface area contributed by atoms with Crippen LogP contribution in [0.2, 0.25) is 0 Å². The highest BCUT2D eigenvalue weighted by Crippen LogP contribution is 2.23. The average molecular weight is 373 g/mol. The van der Waals surface area contributed by atoms with Crippen molar-refractivity contribution in [2.24, 2.45) is 5.92 Å². The van der Waals surface area contributed by atoms with Crippen molar-refractivity contribution < 1.29 is 13.2 Å². The minimum atomic E-state index is -4.09. The molecule has 1 aromatic rings. The molecule has 2 heterocycles. The Kier molecular flexibility index (Phi) is 4.52. The van der Waals surface area contributed by atoms with Crippen LogP contribution in [0.1, 0.15) is 12.8 Å². The molecule has 0 amide bonds. The maximum Gasteiger partial charge on any atom is 0.401 e. The molecule has 0 bridgehead atoms. The summed E-state index contributed by atoms with van der Waals surface area (Å²) in [6.45, 7) is 0.972. The van der Waals surface area contributed by atoms with Crippen molar-refractivity contribution in [3.05, 3.63) is 16.0 Å². The molecule has 1 unspecified atom stereocenters. The van der Waals surface area contributed by atoms with E-state index in [4.69, 9.17) is 0 Å². The molecule has 1 aliphatic rings.